The van der Waals surface area contributed by atoms with Gasteiger partial charge in [-0.3, -0.25) is 4.68 Å². The Morgan fingerprint density at radius 1 is 1.33 bits per heavy atom. The van der Waals surface area contributed by atoms with Crippen molar-refractivity contribution >= 4 is 5.97 Å². The van der Waals surface area contributed by atoms with E-state index in [4.69, 9.17) is 5.11 Å². The van der Waals surface area contributed by atoms with Crippen molar-refractivity contribution in [1.29, 1.82) is 0 Å². The lowest BCUT2D eigenvalue weighted by Crippen LogP contribution is -2.18. The molecule has 0 unspecified atom stereocenters. The van der Waals surface area contributed by atoms with Gasteiger partial charge in [-0.1, -0.05) is 18.2 Å². The minimum atomic E-state index is -0.874. The molecule has 0 saturated heterocycles. The van der Waals surface area contributed by atoms with E-state index in [0.717, 1.165) is 17.8 Å². The molecule has 112 valence electrons. The van der Waals surface area contributed by atoms with Crippen LogP contribution in [-0.2, 0) is 13.0 Å². The molecular formula is C16H21N3O2. The highest BCUT2D eigenvalue weighted by Crippen LogP contribution is 2.09. The summed E-state index contributed by atoms with van der Waals surface area (Å²) in [4.78, 5) is 11.1. The Hall–Kier alpha value is -2.14. The van der Waals surface area contributed by atoms with E-state index in [-0.39, 0.29) is 0 Å². The minimum Gasteiger partial charge on any atom is -0.478 e. The van der Waals surface area contributed by atoms with Gasteiger partial charge in [-0.05, 0) is 44.5 Å². The molecule has 0 fully saturated rings. The van der Waals surface area contributed by atoms with E-state index < -0.39 is 5.97 Å². The van der Waals surface area contributed by atoms with Crippen LogP contribution in [-0.4, -0.2) is 27.4 Å². The fourth-order valence-corrected chi connectivity index (χ4v) is 2.15. The van der Waals surface area contributed by atoms with Crippen LogP contribution >= 0.6 is 0 Å². The Bertz CT molecular complexity index is 605. The van der Waals surface area contributed by atoms with Crippen LogP contribution in [0.2, 0.25) is 0 Å². The Morgan fingerprint density at radius 2 is 2.10 bits per heavy atom. The third-order valence-electron chi connectivity index (χ3n) is 3.32. The zero-order valence-electron chi connectivity index (χ0n) is 12.4. The molecule has 0 aliphatic rings. The Labute approximate surface area is 124 Å². The van der Waals surface area contributed by atoms with E-state index in [1.165, 1.54) is 0 Å². The van der Waals surface area contributed by atoms with Crippen molar-refractivity contribution in [2.45, 2.75) is 32.9 Å². The maximum atomic E-state index is 11.1. The van der Waals surface area contributed by atoms with Gasteiger partial charge in [0.2, 0.25) is 0 Å². The predicted molar refractivity (Wildman–Crippen MR) is 81.4 cm³/mol. The number of hydrogen-bond acceptors (Lipinski definition) is 3. The molecule has 0 atom stereocenters. The van der Waals surface area contributed by atoms with Gasteiger partial charge in [-0.2, -0.15) is 5.10 Å². The molecule has 2 aromatic rings. The van der Waals surface area contributed by atoms with Crippen LogP contribution in [0.5, 0.6) is 0 Å². The summed E-state index contributed by atoms with van der Waals surface area (Å²) in [7, 11) is 0. The Balaban J connectivity index is 1.83. The van der Waals surface area contributed by atoms with Gasteiger partial charge in [-0.25, -0.2) is 4.79 Å². The molecule has 2 N–H and O–H groups in total. The molecule has 0 spiro atoms. The van der Waals surface area contributed by atoms with Crippen LogP contribution in [0, 0.1) is 0 Å². The predicted octanol–water partition coefficient (Wildman–Crippen LogP) is 2.49. The van der Waals surface area contributed by atoms with Crippen LogP contribution in [0.4, 0.5) is 0 Å². The van der Waals surface area contributed by atoms with Crippen molar-refractivity contribution < 1.29 is 9.90 Å². The first-order valence-corrected chi connectivity index (χ1v) is 7.14. The average Bonchev–Trinajstić information content (AvgIpc) is 2.93. The smallest absolute Gasteiger partial charge is 0.335 e. The third kappa shape index (κ3) is 4.16. The second kappa shape index (κ2) is 7.04. The molecule has 2 rings (SSSR count). The summed E-state index contributed by atoms with van der Waals surface area (Å²) in [6.07, 6.45) is 2.66. The fourth-order valence-electron chi connectivity index (χ4n) is 2.15. The van der Waals surface area contributed by atoms with E-state index in [1.807, 2.05) is 29.1 Å². The normalized spacial score (nSPS) is 11.0. The number of carboxylic acids is 1. The molecule has 5 nitrogen and oxygen atoms in total. The van der Waals surface area contributed by atoms with Gasteiger partial charge in [0.15, 0.2) is 0 Å². The van der Waals surface area contributed by atoms with Crippen molar-refractivity contribution in [3.05, 3.63) is 53.3 Å². The van der Waals surface area contributed by atoms with Crippen LogP contribution in [0.15, 0.2) is 36.5 Å². The monoisotopic (exact) mass is 287 g/mol. The summed E-state index contributed by atoms with van der Waals surface area (Å²) in [5, 5.41) is 16.9. The molecule has 1 heterocycles. The summed E-state index contributed by atoms with van der Waals surface area (Å²) >= 11 is 0. The highest BCUT2D eigenvalue weighted by atomic mass is 16.4. The fraction of sp³-hybridized carbons (Fsp3) is 0.375. The molecule has 1 aromatic carbocycles. The first-order valence-electron chi connectivity index (χ1n) is 7.14. The second-order valence-electron chi connectivity index (χ2n) is 5.27. The number of carbonyl (C=O) groups is 1. The van der Waals surface area contributed by atoms with Crippen molar-refractivity contribution in [2.75, 3.05) is 6.54 Å². The number of rotatable bonds is 7. The number of aromatic carboxylic acids is 1. The molecule has 0 aliphatic carbocycles. The maximum absolute atomic E-state index is 11.1. The van der Waals surface area contributed by atoms with Crippen molar-refractivity contribution in [3.63, 3.8) is 0 Å². The van der Waals surface area contributed by atoms with E-state index in [9.17, 15) is 4.79 Å². The average molecular weight is 287 g/mol. The van der Waals surface area contributed by atoms with Gasteiger partial charge in [0.25, 0.3) is 0 Å². The molecular weight excluding hydrogens is 266 g/mol. The molecule has 0 aliphatic heterocycles. The third-order valence-corrected chi connectivity index (χ3v) is 3.32. The topological polar surface area (TPSA) is 67.2 Å². The Morgan fingerprint density at radius 3 is 2.76 bits per heavy atom. The van der Waals surface area contributed by atoms with Gasteiger partial charge in [0.1, 0.15) is 0 Å². The Kier molecular flexibility index (Phi) is 5.11. The van der Waals surface area contributed by atoms with E-state index >= 15 is 0 Å². The van der Waals surface area contributed by atoms with Gasteiger partial charge < -0.3 is 10.4 Å². The number of benzene rings is 1. The standard InChI is InChI=1S/C16H21N3O2/c1-12(2)19-10-8-14(18-19)11-17-9-7-13-5-3-4-6-15(13)16(20)21/h3-6,8,10,12,17H,7,9,11H2,1-2H3,(H,20,21). The number of carboxylic acid groups (broad SMARTS) is 1. The number of hydrogen-bond donors (Lipinski definition) is 2. The largest absolute Gasteiger partial charge is 0.478 e. The van der Waals surface area contributed by atoms with E-state index in [1.54, 1.807) is 12.1 Å². The molecule has 0 saturated carbocycles. The molecule has 5 heteroatoms. The quantitative estimate of drug-likeness (QED) is 0.768. The molecule has 0 bridgehead atoms. The molecule has 0 radical (unpaired) electrons. The maximum Gasteiger partial charge on any atom is 0.335 e. The highest BCUT2D eigenvalue weighted by Gasteiger charge is 2.08. The minimum absolute atomic E-state index is 0.362. The van der Waals surface area contributed by atoms with Crippen molar-refractivity contribution in [1.82, 2.24) is 15.1 Å². The zero-order chi connectivity index (χ0) is 15.2. The summed E-state index contributed by atoms with van der Waals surface area (Å²) in [6.45, 7) is 5.59. The number of nitrogens with zero attached hydrogens (tertiary/aromatic N) is 2. The van der Waals surface area contributed by atoms with Crippen LogP contribution in [0.3, 0.4) is 0 Å². The van der Waals surface area contributed by atoms with Gasteiger partial charge in [-0.15, -0.1) is 0 Å². The van der Waals surface area contributed by atoms with Gasteiger partial charge in [0, 0.05) is 18.8 Å². The summed E-state index contributed by atoms with van der Waals surface area (Å²) < 4.78 is 1.93. The molecule has 0 amide bonds. The van der Waals surface area contributed by atoms with Gasteiger partial charge >= 0.3 is 5.97 Å². The SMILES string of the molecule is CC(C)n1ccc(CNCCc2ccccc2C(=O)O)n1. The lowest BCUT2D eigenvalue weighted by atomic mass is 10.0. The highest BCUT2D eigenvalue weighted by molar-refractivity contribution is 5.89. The van der Waals surface area contributed by atoms with Crippen LogP contribution < -0.4 is 5.32 Å². The van der Waals surface area contributed by atoms with Gasteiger partial charge in [0.05, 0.1) is 11.3 Å². The number of nitrogens with one attached hydrogen (secondary N) is 1. The zero-order valence-corrected chi connectivity index (χ0v) is 12.4. The lowest BCUT2D eigenvalue weighted by Gasteiger charge is -2.07. The summed E-state index contributed by atoms with van der Waals surface area (Å²) in [5.74, 6) is -0.874. The van der Waals surface area contributed by atoms with Crippen LogP contribution in [0.1, 0.15) is 41.5 Å². The van der Waals surface area contributed by atoms with Crippen molar-refractivity contribution in [3.8, 4) is 0 Å². The summed E-state index contributed by atoms with van der Waals surface area (Å²) in [6, 6.07) is 9.48. The lowest BCUT2D eigenvalue weighted by molar-refractivity contribution is 0.0695. The number of aromatic nitrogens is 2. The second-order valence-corrected chi connectivity index (χ2v) is 5.27. The van der Waals surface area contributed by atoms with E-state index in [0.29, 0.717) is 24.6 Å². The van der Waals surface area contributed by atoms with E-state index in [2.05, 4.69) is 24.3 Å². The first kappa shape index (κ1) is 15.3. The molecule has 21 heavy (non-hydrogen) atoms. The first-order chi connectivity index (χ1) is 10.1. The summed E-state index contributed by atoms with van der Waals surface area (Å²) in [5.41, 5.74) is 2.23. The van der Waals surface area contributed by atoms with Crippen molar-refractivity contribution in [2.24, 2.45) is 0 Å². The van der Waals surface area contributed by atoms with Crippen LogP contribution in [0.25, 0.3) is 0 Å². The molecule has 1 aromatic heterocycles.